The topological polar surface area (TPSA) is 59.3 Å². The van der Waals surface area contributed by atoms with Gasteiger partial charge in [0.2, 0.25) is 0 Å². The van der Waals surface area contributed by atoms with Crippen molar-refractivity contribution < 1.29 is 4.74 Å². The molecule has 0 unspecified atom stereocenters. The molecule has 24 heavy (non-hydrogen) atoms. The van der Waals surface area contributed by atoms with E-state index in [1.807, 2.05) is 32.6 Å². The Bertz CT molecular complexity index is 627. The Hall–Kier alpha value is -1.83. The van der Waals surface area contributed by atoms with Crippen LogP contribution in [0.25, 0.3) is 0 Å². The predicted molar refractivity (Wildman–Crippen MR) is 91.5 cm³/mol. The summed E-state index contributed by atoms with van der Waals surface area (Å²) in [5.41, 5.74) is 1.25. The van der Waals surface area contributed by atoms with E-state index in [4.69, 9.17) is 4.74 Å². The maximum absolute atomic E-state index is 5.73. The highest BCUT2D eigenvalue weighted by atomic mass is 16.5. The van der Waals surface area contributed by atoms with Gasteiger partial charge in [0.05, 0.1) is 6.61 Å². The molecule has 0 aliphatic carbocycles. The van der Waals surface area contributed by atoms with Crippen LogP contribution in [0.3, 0.4) is 0 Å². The second kappa shape index (κ2) is 8.32. The molecule has 0 radical (unpaired) electrons. The fourth-order valence-corrected chi connectivity index (χ4v) is 2.85. The van der Waals surface area contributed by atoms with Gasteiger partial charge in [-0.2, -0.15) is 0 Å². The lowest BCUT2D eigenvalue weighted by Crippen LogP contribution is -2.26. The molecule has 7 heteroatoms. The van der Waals surface area contributed by atoms with Crippen molar-refractivity contribution in [3.05, 3.63) is 41.7 Å². The molecule has 0 aromatic carbocycles. The molecule has 3 rings (SSSR count). The van der Waals surface area contributed by atoms with Crippen molar-refractivity contribution >= 4 is 0 Å². The van der Waals surface area contributed by atoms with Gasteiger partial charge in [-0.05, 0) is 25.7 Å². The summed E-state index contributed by atoms with van der Waals surface area (Å²) >= 11 is 0. The summed E-state index contributed by atoms with van der Waals surface area (Å²) in [6.45, 7) is 5.99. The largest absolute Gasteiger partial charge is 0.372 e. The quantitative estimate of drug-likeness (QED) is 0.700. The maximum atomic E-state index is 5.73. The average molecular weight is 330 g/mol. The molecule has 0 atom stereocenters. The van der Waals surface area contributed by atoms with Crippen LogP contribution in [0.2, 0.25) is 0 Å². The van der Waals surface area contributed by atoms with Crippen LogP contribution in [0.15, 0.2) is 24.5 Å². The highest BCUT2D eigenvalue weighted by Gasteiger charge is 2.18. The van der Waals surface area contributed by atoms with Crippen molar-refractivity contribution in [3.8, 4) is 0 Å². The van der Waals surface area contributed by atoms with Gasteiger partial charge in [0.25, 0.3) is 0 Å². The fourth-order valence-electron chi connectivity index (χ4n) is 2.85. The molecule has 2 aromatic rings. The highest BCUT2D eigenvalue weighted by molar-refractivity contribution is 5.08. The lowest BCUT2D eigenvalue weighted by molar-refractivity contribution is 0.0978. The molecule has 7 nitrogen and oxygen atoms in total. The molecule has 0 saturated carbocycles. The minimum absolute atomic E-state index is 0.531. The van der Waals surface area contributed by atoms with Crippen molar-refractivity contribution in [2.24, 2.45) is 0 Å². The van der Waals surface area contributed by atoms with Gasteiger partial charge in [0.1, 0.15) is 12.4 Å². The molecule has 0 amide bonds. The van der Waals surface area contributed by atoms with Gasteiger partial charge in [-0.3, -0.25) is 9.88 Å². The highest BCUT2D eigenvalue weighted by Crippen LogP contribution is 2.12. The predicted octanol–water partition coefficient (Wildman–Crippen LogP) is 0.810. The van der Waals surface area contributed by atoms with E-state index in [9.17, 15) is 0 Å². The van der Waals surface area contributed by atoms with E-state index in [0.717, 1.165) is 50.8 Å². The number of pyridine rings is 1. The van der Waals surface area contributed by atoms with Crippen LogP contribution in [0.4, 0.5) is 0 Å². The molecule has 0 N–H and O–H groups in total. The number of rotatable bonds is 7. The number of aromatic nitrogens is 4. The first-order valence-corrected chi connectivity index (χ1v) is 8.47. The molecule has 130 valence electrons. The first kappa shape index (κ1) is 17.0. The van der Waals surface area contributed by atoms with E-state index < -0.39 is 0 Å². The molecule has 0 bridgehead atoms. The first-order chi connectivity index (χ1) is 11.7. The number of hydrogen-bond donors (Lipinski definition) is 0. The Morgan fingerprint density at radius 3 is 2.92 bits per heavy atom. The number of ether oxygens (including phenoxy) is 1. The van der Waals surface area contributed by atoms with Crippen LogP contribution in [0.5, 0.6) is 0 Å². The first-order valence-electron chi connectivity index (χ1n) is 8.47. The Labute approximate surface area is 143 Å². The van der Waals surface area contributed by atoms with E-state index in [1.54, 1.807) is 0 Å². The zero-order valence-corrected chi connectivity index (χ0v) is 14.6. The van der Waals surface area contributed by atoms with E-state index in [2.05, 4.69) is 35.6 Å². The number of nitrogens with zero attached hydrogens (tertiary/aromatic N) is 6. The minimum atomic E-state index is 0.531. The van der Waals surface area contributed by atoms with Crippen molar-refractivity contribution in [2.45, 2.75) is 26.1 Å². The average Bonchev–Trinajstić information content (AvgIpc) is 2.86. The lowest BCUT2D eigenvalue weighted by atomic mass is 10.2. The SMILES string of the molecule is CN(C)CCOCc1nnc2n1CCN(Cc1cccnc1)CC2. The van der Waals surface area contributed by atoms with Crippen LogP contribution in [0.1, 0.15) is 17.2 Å². The minimum Gasteiger partial charge on any atom is -0.372 e. The van der Waals surface area contributed by atoms with Gasteiger partial charge in [-0.15, -0.1) is 10.2 Å². The summed E-state index contributed by atoms with van der Waals surface area (Å²) in [5, 5.41) is 8.67. The Morgan fingerprint density at radius 2 is 2.12 bits per heavy atom. The molecular weight excluding hydrogens is 304 g/mol. The van der Waals surface area contributed by atoms with Crippen molar-refractivity contribution in [1.82, 2.24) is 29.5 Å². The molecule has 0 spiro atoms. The Balaban J connectivity index is 1.54. The molecular formula is C17H26N6O. The van der Waals surface area contributed by atoms with E-state index in [1.165, 1.54) is 5.56 Å². The summed E-state index contributed by atoms with van der Waals surface area (Å²) in [6.07, 6.45) is 4.68. The zero-order valence-electron chi connectivity index (χ0n) is 14.6. The third-order valence-electron chi connectivity index (χ3n) is 4.24. The second-order valence-corrected chi connectivity index (χ2v) is 6.43. The van der Waals surface area contributed by atoms with E-state index >= 15 is 0 Å². The number of hydrogen-bond acceptors (Lipinski definition) is 6. The Morgan fingerprint density at radius 1 is 1.21 bits per heavy atom. The van der Waals surface area contributed by atoms with Crippen LogP contribution in [0, 0.1) is 0 Å². The van der Waals surface area contributed by atoms with Crippen molar-refractivity contribution in [1.29, 1.82) is 0 Å². The molecule has 1 aliphatic rings. The molecule has 0 saturated heterocycles. The summed E-state index contributed by atoms with van der Waals surface area (Å²) in [6, 6.07) is 4.12. The second-order valence-electron chi connectivity index (χ2n) is 6.43. The molecule has 3 heterocycles. The third-order valence-corrected chi connectivity index (χ3v) is 4.24. The van der Waals surface area contributed by atoms with Gasteiger partial charge in [-0.25, -0.2) is 0 Å². The monoisotopic (exact) mass is 330 g/mol. The molecule has 2 aromatic heterocycles. The standard InChI is InChI=1S/C17H26N6O/c1-21(2)10-11-24-14-17-20-19-16-5-7-22(8-9-23(16)17)13-15-4-3-6-18-12-15/h3-4,6,12H,5,7-11,13-14H2,1-2H3. The van der Waals surface area contributed by atoms with Gasteiger partial charge in [-0.1, -0.05) is 6.07 Å². The van der Waals surface area contributed by atoms with Crippen LogP contribution >= 0.6 is 0 Å². The van der Waals surface area contributed by atoms with Crippen LogP contribution in [-0.2, 0) is 30.9 Å². The van der Waals surface area contributed by atoms with Crippen molar-refractivity contribution in [2.75, 3.05) is 40.3 Å². The fraction of sp³-hybridized carbons (Fsp3) is 0.588. The van der Waals surface area contributed by atoms with Gasteiger partial charge in [0, 0.05) is 51.5 Å². The molecule has 1 aliphatic heterocycles. The smallest absolute Gasteiger partial charge is 0.159 e. The summed E-state index contributed by atoms with van der Waals surface area (Å²) in [7, 11) is 4.09. The summed E-state index contributed by atoms with van der Waals surface area (Å²) < 4.78 is 7.95. The Kier molecular flexibility index (Phi) is 5.90. The third kappa shape index (κ3) is 4.59. The number of likely N-dealkylation sites (N-methyl/N-ethyl adjacent to an activating group) is 1. The number of fused-ring (bicyclic) bond motifs is 1. The van der Waals surface area contributed by atoms with Crippen molar-refractivity contribution in [3.63, 3.8) is 0 Å². The zero-order chi connectivity index (χ0) is 16.8. The van der Waals surface area contributed by atoms with Gasteiger partial charge < -0.3 is 14.2 Å². The van der Waals surface area contributed by atoms with Crippen LogP contribution in [-0.4, -0.2) is 69.9 Å². The normalized spacial score (nSPS) is 15.5. The lowest BCUT2D eigenvalue weighted by Gasteiger charge is -2.19. The molecule has 0 fully saturated rings. The summed E-state index contributed by atoms with van der Waals surface area (Å²) in [4.78, 5) is 8.76. The summed E-state index contributed by atoms with van der Waals surface area (Å²) in [5.74, 6) is 2.00. The van der Waals surface area contributed by atoms with Gasteiger partial charge >= 0.3 is 0 Å². The van der Waals surface area contributed by atoms with E-state index in [-0.39, 0.29) is 0 Å². The van der Waals surface area contributed by atoms with Crippen LogP contribution < -0.4 is 0 Å². The van der Waals surface area contributed by atoms with Gasteiger partial charge in [0.15, 0.2) is 5.82 Å². The van der Waals surface area contributed by atoms with E-state index in [0.29, 0.717) is 13.2 Å². The maximum Gasteiger partial charge on any atom is 0.159 e.